The molecule has 3 aliphatic heterocycles. The first-order valence-electron chi connectivity index (χ1n) is 18.5. The molecule has 7 rings (SSSR count). The van der Waals surface area contributed by atoms with Crippen molar-refractivity contribution in [2.45, 2.75) is 31.2 Å². The highest BCUT2D eigenvalue weighted by molar-refractivity contribution is 7.14. The van der Waals surface area contributed by atoms with E-state index in [-0.39, 0.29) is 23.2 Å². The molecule has 0 bridgehead atoms. The lowest BCUT2D eigenvalue weighted by atomic mass is 9.96. The highest BCUT2D eigenvalue weighted by atomic mass is 32.1. The number of aromatic nitrogens is 1. The molecule has 3 saturated heterocycles. The number of hydrogen-bond acceptors (Lipinski definition) is 10. The average molecular weight is 774 g/mol. The molecule has 2 aromatic carbocycles. The largest absolute Gasteiger partial charge is 0.379 e. The van der Waals surface area contributed by atoms with Crippen molar-refractivity contribution in [1.82, 2.24) is 30.3 Å². The number of amides is 5. The first-order valence-corrected chi connectivity index (χ1v) is 19.4. The number of rotatable bonds is 11. The van der Waals surface area contributed by atoms with Crippen LogP contribution in [-0.2, 0) is 23.8 Å². The molecule has 3 fully saturated rings. The predicted octanol–water partition coefficient (Wildman–Crippen LogP) is 3.56. The number of carbonyl (C=O) groups excluding carboxylic acids is 4. The predicted molar refractivity (Wildman–Crippen MR) is 203 cm³/mol. The smallest absolute Gasteiger partial charge is 0.318 e. The van der Waals surface area contributed by atoms with Gasteiger partial charge in [-0.25, -0.2) is 14.2 Å². The zero-order valence-electron chi connectivity index (χ0n) is 30.3. The summed E-state index contributed by atoms with van der Waals surface area (Å²) in [5, 5.41) is 10.7. The third-order valence-electron chi connectivity index (χ3n) is 9.95. The van der Waals surface area contributed by atoms with Crippen LogP contribution in [0.2, 0.25) is 0 Å². The molecule has 3 N–H and O–H groups in total. The molecule has 14 nitrogen and oxygen atoms in total. The van der Waals surface area contributed by atoms with Crippen LogP contribution < -0.4 is 16.0 Å². The number of carbonyl (C=O) groups is 4. The van der Waals surface area contributed by atoms with Gasteiger partial charge < -0.3 is 35.1 Å². The Labute approximate surface area is 322 Å². The Morgan fingerprint density at radius 2 is 1.71 bits per heavy atom. The minimum absolute atomic E-state index is 0.0905. The second-order valence-electron chi connectivity index (χ2n) is 13.5. The number of benzene rings is 2. The SMILES string of the molecule is O=C(NCCN1CCOCC1)c1ccc(-c2csc(NC(=O)[C@@H]3CO[C@H](c4ccccc4F)N3C(=O)[C@H](NC(=O)N3CCOCC3)C3=CC=CCC3)n2)cc1. The summed E-state index contributed by atoms with van der Waals surface area (Å²) in [4.78, 5) is 64.6. The van der Waals surface area contributed by atoms with Crippen LogP contribution in [0.25, 0.3) is 11.3 Å². The highest BCUT2D eigenvalue weighted by Gasteiger charge is 2.47. The normalized spacial score (nSPS) is 20.8. The van der Waals surface area contributed by atoms with Crippen LogP contribution in [0.5, 0.6) is 0 Å². The van der Waals surface area contributed by atoms with Crippen molar-refractivity contribution in [3.8, 4) is 11.3 Å². The summed E-state index contributed by atoms with van der Waals surface area (Å²) in [5.41, 5.74) is 2.60. The molecule has 55 heavy (non-hydrogen) atoms. The van der Waals surface area contributed by atoms with Gasteiger partial charge in [0.1, 0.15) is 17.9 Å². The van der Waals surface area contributed by atoms with Gasteiger partial charge in [-0.1, -0.05) is 48.6 Å². The third kappa shape index (κ3) is 9.28. The van der Waals surface area contributed by atoms with E-state index in [2.05, 4.69) is 25.8 Å². The summed E-state index contributed by atoms with van der Waals surface area (Å²) in [6, 6.07) is 10.2. The molecule has 5 amide bonds. The zero-order chi connectivity index (χ0) is 38.1. The Morgan fingerprint density at radius 1 is 0.964 bits per heavy atom. The van der Waals surface area contributed by atoms with Gasteiger partial charge in [-0.15, -0.1) is 11.3 Å². The number of hydrogen-bond donors (Lipinski definition) is 3. The number of thiazole rings is 1. The summed E-state index contributed by atoms with van der Waals surface area (Å²) in [7, 11) is 0. The quantitative estimate of drug-likeness (QED) is 0.266. The fourth-order valence-corrected chi connectivity index (χ4v) is 7.62. The number of nitrogens with zero attached hydrogens (tertiary/aromatic N) is 4. The zero-order valence-corrected chi connectivity index (χ0v) is 31.1. The number of halogens is 1. The lowest BCUT2D eigenvalue weighted by Crippen LogP contribution is -2.57. The van der Waals surface area contributed by atoms with Crippen LogP contribution in [0.1, 0.15) is 35.0 Å². The van der Waals surface area contributed by atoms with Gasteiger partial charge in [0.2, 0.25) is 0 Å². The van der Waals surface area contributed by atoms with E-state index in [0.717, 1.165) is 25.2 Å². The molecular formula is C39H44FN7O7S. The summed E-state index contributed by atoms with van der Waals surface area (Å²) >= 11 is 1.20. The fourth-order valence-electron chi connectivity index (χ4n) is 6.90. The molecule has 4 heterocycles. The summed E-state index contributed by atoms with van der Waals surface area (Å²) in [6.45, 7) is 5.68. The van der Waals surface area contributed by atoms with Gasteiger partial charge in [-0.05, 0) is 36.6 Å². The molecule has 0 spiro atoms. The number of ether oxygens (including phenoxy) is 3. The van der Waals surface area contributed by atoms with Crippen LogP contribution in [0.4, 0.5) is 14.3 Å². The lowest BCUT2D eigenvalue weighted by Gasteiger charge is -2.34. The van der Waals surface area contributed by atoms with E-state index in [1.807, 2.05) is 12.2 Å². The number of anilines is 1. The second-order valence-corrected chi connectivity index (χ2v) is 14.3. The van der Waals surface area contributed by atoms with Gasteiger partial charge in [-0.3, -0.25) is 24.2 Å². The average Bonchev–Trinajstić information content (AvgIpc) is 3.89. The Hall–Kier alpha value is -5.00. The molecule has 16 heteroatoms. The monoisotopic (exact) mass is 773 g/mol. The van der Waals surface area contributed by atoms with E-state index < -0.39 is 42.0 Å². The van der Waals surface area contributed by atoms with Crippen molar-refractivity contribution in [2.75, 3.05) is 77.6 Å². The van der Waals surface area contributed by atoms with E-state index in [1.165, 1.54) is 34.4 Å². The van der Waals surface area contributed by atoms with Gasteiger partial charge >= 0.3 is 6.03 Å². The van der Waals surface area contributed by atoms with E-state index in [9.17, 15) is 19.2 Å². The molecule has 3 atom stereocenters. The highest BCUT2D eigenvalue weighted by Crippen LogP contribution is 2.35. The maximum absolute atomic E-state index is 15.3. The van der Waals surface area contributed by atoms with E-state index in [0.29, 0.717) is 75.7 Å². The number of urea groups is 1. The first kappa shape index (κ1) is 38.3. The second kappa shape index (κ2) is 18.1. The van der Waals surface area contributed by atoms with Gasteiger partial charge in [0.05, 0.1) is 38.7 Å². The van der Waals surface area contributed by atoms with Crippen molar-refractivity contribution in [2.24, 2.45) is 0 Å². The van der Waals surface area contributed by atoms with Gasteiger partial charge in [0.15, 0.2) is 11.4 Å². The molecule has 3 aromatic rings. The number of morpholine rings is 2. The summed E-state index contributed by atoms with van der Waals surface area (Å²) in [6.07, 6.45) is 5.53. The Kier molecular flexibility index (Phi) is 12.6. The third-order valence-corrected chi connectivity index (χ3v) is 10.7. The van der Waals surface area contributed by atoms with Crippen molar-refractivity contribution < 1.29 is 37.8 Å². The van der Waals surface area contributed by atoms with E-state index in [4.69, 9.17) is 14.2 Å². The maximum Gasteiger partial charge on any atom is 0.318 e. The molecule has 290 valence electrons. The van der Waals surface area contributed by atoms with Crippen molar-refractivity contribution >= 4 is 40.2 Å². The van der Waals surface area contributed by atoms with Crippen LogP contribution in [0.3, 0.4) is 0 Å². The molecule has 0 saturated carbocycles. The van der Waals surface area contributed by atoms with Gasteiger partial charge in [0.25, 0.3) is 17.7 Å². The maximum atomic E-state index is 15.3. The van der Waals surface area contributed by atoms with Crippen LogP contribution in [-0.4, -0.2) is 128 Å². The Bertz CT molecular complexity index is 1910. The topological polar surface area (TPSA) is 155 Å². The molecule has 0 unspecified atom stereocenters. The van der Waals surface area contributed by atoms with Gasteiger partial charge in [0, 0.05) is 61.3 Å². The molecule has 1 aromatic heterocycles. The first-order chi connectivity index (χ1) is 26.9. The number of nitrogens with one attached hydrogen (secondary N) is 3. The fraction of sp³-hybridized carbons (Fsp3) is 0.410. The molecule has 4 aliphatic rings. The summed E-state index contributed by atoms with van der Waals surface area (Å²) < 4.78 is 32.0. The standard InChI is InChI=1S/C39H44FN7O7S/c40-30-9-5-4-8-29(30)37-47(36(50)33(27-6-2-1-3-7-27)43-39(51)46-18-22-53-23-19-46)32(24-54-37)35(49)44-38-42-31(25-55-38)26-10-12-28(13-11-26)34(48)41-14-15-45-16-20-52-21-17-45/h1-2,4-6,8-13,25,32-33,37H,3,7,14-24H2,(H,41,48)(H,43,51)(H,42,44,49)/t32-,33+,37+/m0/s1. The van der Waals surface area contributed by atoms with Crippen LogP contribution >= 0.6 is 11.3 Å². The minimum atomic E-state index is -1.23. The Morgan fingerprint density at radius 3 is 2.44 bits per heavy atom. The van der Waals surface area contributed by atoms with E-state index in [1.54, 1.807) is 46.7 Å². The van der Waals surface area contributed by atoms with Crippen LogP contribution in [0, 0.1) is 5.82 Å². The molecule has 1 aliphatic carbocycles. The Balaban J connectivity index is 1.06. The minimum Gasteiger partial charge on any atom is -0.379 e. The van der Waals surface area contributed by atoms with Crippen molar-refractivity contribution in [3.63, 3.8) is 0 Å². The van der Waals surface area contributed by atoms with E-state index >= 15 is 4.39 Å². The van der Waals surface area contributed by atoms with Gasteiger partial charge in [-0.2, -0.15) is 0 Å². The lowest BCUT2D eigenvalue weighted by molar-refractivity contribution is -0.142. The van der Waals surface area contributed by atoms with Crippen LogP contribution in [0.15, 0.2) is 77.7 Å². The van der Waals surface area contributed by atoms with Crippen molar-refractivity contribution in [3.05, 3.63) is 94.7 Å². The number of allylic oxidation sites excluding steroid dienone is 3. The summed E-state index contributed by atoms with van der Waals surface area (Å²) in [5.74, 6) is -1.94. The molecule has 0 radical (unpaired) electrons. The molecular weight excluding hydrogens is 730 g/mol. The van der Waals surface area contributed by atoms with Crippen molar-refractivity contribution in [1.29, 1.82) is 0 Å².